The summed E-state index contributed by atoms with van der Waals surface area (Å²) >= 11 is 0. The average molecular weight is 417 g/mol. The third-order valence-electron chi connectivity index (χ3n) is 5.42. The van der Waals surface area contributed by atoms with Gasteiger partial charge in [-0.3, -0.25) is 0 Å². The van der Waals surface area contributed by atoms with Gasteiger partial charge in [-0.05, 0) is 81.8 Å². The summed E-state index contributed by atoms with van der Waals surface area (Å²) in [6.45, 7) is 7.77. The summed E-state index contributed by atoms with van der Waals surface area (Å²) in [4.78, 5) is 0. The number of benzene rings is 2. The van der Waals surface area contributed by atoms with Crippen molar-refractivity contribution >= 4 is 21.2 Å². The molecule has 0 aliphatic carbocycles. The second kappa shape index (κ2) is 11.2. The fraction of sp³-hybridized carbons (Fsp3) is 0.500. The molecule has 2 rings (SSSR count). The molecule has 4 nitrogen and oxygen atoms in total. The number of anilines is 2. The van der Waals surface area contributed by atoms with Crippen LogP contribution < -0.4 is 10.9 Å². The third kappa shape index (κ3) is 7.73. The van der Waals surface area contributed by atoms with E-state index in [1.165, 1.54) is 16.7 Å². The lowest BCUT2D eigenvalue weighted by molar-refractivity contribution is 0.577. The molecule has 0 fully saturated rings. The van der Waals surface area contributed by atoms with E-state index in [0.717, 1.165) is 49.9 Å². The highest BCUT2D eigenvalue weighted by atomic mass is 32.2. The Bertz CT molecular complexity index is 876. The number of hydrogen-bond acceptors (Lipinski definition) is 4. The average Bonchev–Trinajstić information content (AvgIpc) is 2.67. The molecule has 0 aromatic heterocycles. The van der Waals surface area contributed by atoms with Gasteiger partial charge in [-0.15, -0.1) is 0 Å². The first kappa shape index (κ1) is 23.3. The van der Waals surface area contributed by atoms with Crippen LogP contribution in [0.2, 0.25) is 0 Å². The van der Waals surface area contributed by atoms with Gasteiger partial charge in [0.05, 0.1) is 22.4 Å². The SMILES string of the molecule is Cc1cc(NNc2ccccc2C)ccc1CCCCCCCS(=O)(=O)C(C)C. The summed E-state index contributed by atoms with van der Waals surface area (Å²) in [6.07, 6.45) is 6.25. The van der Waals surface area contributed by atoms with Crippen LogP contribution >= 0.6 is 0 Å². The molecule has 2 aromatic rings. The van der Waals surface area contributed by atoms with E-state index in [0.29, 0.717) is 5.75 Å². The van der Waals surface area contributed by atoms with E-state index in [2.05, 4.69) is 55.0 Å². The molecule has 0 heterocycles. The first-order valence-corrected chi connectivity index (χ1v) is 12.4. The Morgan fingerprint density at radius 1 is 0.828 bits per heavy atom. The summed E-state index contributed by atoms with van der Waals surface area (Å²) in [6, 6.07) is 14.7. The second-order valence-electron chi connectivity index (χ2n) is 8.14. The van der Waals surface area contributed by atoms with Crippen LogP contribution in [0.25, 0.3) is 0 Å². The zero-order chi connectivity index (χ0) is 21.3. The number of rotatable bonds is 12. The maximum atomic E-state index is 11.8. The van der Waals surface area contributed by atoms with Gasteiger partial charge in [0.25, 0.3) is 0 Å². The lowest BCUT2D eigenvalue weighted by Gasteiger charge is -2.14. The first-order valence-electron chi connectivity index (χ1n) is 10.7. The molecule has 0 saturated carbocycles. The van der Waals surface area contributed by atoms with Crippen molar-refractivity contribution in [2.45, 2.75) is 71.5 Å². The van der Waals surface area contributed by atoms with E-state index in [1.54, 1.807) is 13.8 Å². The molecule has 0 unspecified atom stereocenters. The largest absolute Gasteiger partial charge is 0.301 e. The van der Waals surface area contributed by atoms with Gasteiger partial charge in [-0.25, -0.2) is 8.42 Å². The fourth-order valence-corrected chi connectivity index (χ4v) is 4.37. The predicted octanol–water partition coefficient (Wildman–Crippen LogP) is 6.06. The molecule has 0 atom stereocenters. The van der Waals surface area contributed by atoms with Gasteiger partial charge in [-0.1, -0.05) is 43.5 Å². The topological polar surface area (TPSA) is 58.2 Å². The van der Waals surface area contributed by atoms with Crippen LogP contribution in [-0.2, 0) is 16.3 Å². The zero-order valence-electron chi connectivity index (χ0n) is 18.3. The Morgan fingerprint density at radius 2 is 1.52 bits per heavy atom. The molecule has 0 radical (unpaired) electrons. The molecule has 0 bridgehead atoms. The van der Waals surface area contributed by atoms with Gasteiger partial charge in [0.1, 0.15) is 0 Å². The van der Waals surface area contributed by atoms with Crippen molar-refractivity contribution in [3.8, 4) is 0 Å². The molecule has 0 spiro atoms. The van der Waals surface area contributed by atoms with E-state index < -0.39 is 9.84 Å². The van der Waals surface area contributed by atoms with Crippen molar-refractivity contribution in [2.75, 3.05) is 16.6 Å². The lowest BCUT2D eigenvalue weighted by Crippen LogP contribution is -2.17. The summed E-state index contributed by atoms with van der Waals surface area (Å²) in [7, 11) is -2.88. The normalized spacial score (nSPS) is 11.6. The highest BCUT2D eigenvalue weighted by Crippen LogP contribution is 2.19. The molecule has 0 amide bonds. The Kier molecular flexibility index (Phi) is 9.02. The number of aryl methyl sites for hydroxylation is 3. The molecule has 0 aliphatic heterocycles. The maximum absolute atomic E-state index is 11.8. The van der Waals surface area contributed by atoms with Crippen LogP contribution in [0.5, 0.6) is 0 Å². The van der Waals surface area contributed by atoms with Gasteiger partial charge in [0.15, 0.2) is 9.84 Å². The van der Waals surface area contributed by atoms with E-state index >= 15 is 0 Å². The van der Waals surface area contributed by atoms with Crippen LogP contribution in [0.1, 0.15) is 62.6 Å². The van der Waals surface area contributed by atoms with Gasteiger partial charge in [0, 0.05) is 0 Å². The number of sulfone groups is 1. The molecule has 0 aliphatic rings. The summed E-state index contributed by atoms with van der Waals surface area (Å²) in [5, 5.41) is -0.255. The lowest BCUT2D eigenvalue weighted by atomic mass is 10.0. The summed E-state index contributed by atoms with van der Waals surface area (Å²) in [5.74, 6) is 0.328. The third-order valence-corrected chi connectivity index (χ3v) is 7.72. The Hall–Kier alpha value is -2.01. The second-order valence-corrected chi connectivity index (χ2v) is 10.8. The molecule has 29 heavy (non-hydrogen) atoms. The number of hydrogen-bond donors (Lipinski definition) is 2. The molecule has 2 aromatic carbocycles. The van der Waals surface area contributed by atoms with Crippen LogP contribution in [-0.4, -0.2) is 19.4 Å². The zero-order valence-corrected chi connectivity index (χ0v) is 19.1. The Balaban J connectivity index is 1.69. The van der Waals surface area contributed by atoms with Crippen molar-refractivity contribution in [1.82, 2.24) is 0 Å². The molecule has 0 saturated heterocycles. The quantitative estimate of drug-likeness (QED) is 0.326. The molecule has 160 valence electrons. The highest BCUT2D eigenvalue weighted by molar-refractivity contribution is 7.91. The first-order chi connectivity index (χ1) is 13.8. The van der Waals surface area contributed by atoms with Crippen molar-refractivity contribution in [3.05, 3.63) is 59.2 Å². The minimum absolute atomic E-state index is 0.255. The monoisotopic (exact) mass is 416 g/mol. The van der Waals surface area contributed by atoms with Gasteiger partial charge >= 0.3 is 0 Å². The van der Waals surface area contributed by atoms with Crippen LogP contribution in [0.4, 0.5) is 11.4 Å². The van der Waals surface area contributed by atoms with Crippen LogP contribution in [0.15, 0.2) is 42.5 Å². The molecule has 5 heteroatoms. The minimum Gasteiger partial charge on any atom is -0.301 e. The molecule has 2 N–H and O–H groups in total. The van der Waals surface area contributed by atoms with Crippen molar-refractivity contribution in [2.24, 2.45) is 0 Å². The number of unbranched alkanes of at least 4 members (excludes halogenated alkanes) is 4. The number of para-hydroxylation sites is 1. The van der Waals surface area contributed by atoms with Crippen molar-refractivity contribution in [3.63, 3.8) is 0 Å². The Morgan fingerprint density at radius 3 is 2.21 bits per heavy atom. The van der Waals surface area contributed by atoms with E-state index in [-0.39, 0.29) is 5.25 Å². The van der Waals surface area contributed by atoms with Gasteiger partial charge < -0.3 is 10.9 Å². The van der Waals surface area contributed by atoms with E-state index in [4.69, 9.17) is 0 Å². The van der Waals surface area contributed by atoms with Crippen LogP contribution in [0.3, 0.4) is 0 Å². The minimum atomic E-state index is -2.88. The fourth-order valence-electron chi connectivity index (χ4n) is 3.29. The highest BCUT2D eigenvalue weighted by Gasteiger charge is 2.14. The van der Waals surface area contributed by atoms with Gasteiger partial charge in [0.2, 0.25) is 0 Å². The standard InChI is InChI=1S/C24H36N2O2S/c1-19(2)29(27,28)17-11-7-5-6-8-13-22-15-16-23(18-21(22)4)25-26-24-14-10-9-12-20(24)3/h9-10,12,14-16,18-19,25-26H,5-8,11,13,17H2,1-4H3. The maximum Gasteiger partial charge on any atom is 0.152 e. The number of nitrogens with one attached hydrogen (secondary N) is 2. The molecular weight excluding hydrogens is 380 g/mol. The van der Waals surface area contributed by atoms with Gasteiger partial charge in [-0.2, -0.15) is 0 Å². The molecular formula is C24H36N2O2S. The van der Waals surface area contributed by atoms with E-state index in [9.17, 15) is 8.42 Å². The summed E-state index contributed by atoms with van der Waals surface area (Å²) in [5.41, 5.74) is 12.6. The predicted molar refractivity (Wildman–Crippen MR) is 125 cm³/mol. The van der Waals surface area contributed by atoms with Crippen LogP contribution in [0, 0.1) is 13.8 Å². The Labute approximate surface area is 177 Å². The van der Waals surface area contributed by atoms with E-state index in [1.807, 2.05) is 12.1 Å². The van der Waals surface area contributed by atoms with Crippen molar-refractivity contribution < 1.29 is 8.42 Å². The van der Waals surface area contributed by atoms with Crippen molar-refractivity contribution in [1.29, 1.82) is 0 Å². The smallest absolute Gasteiger partial charge is 0.152 e. The number of hydrazine groups is 1. The summed E-state index contributed by atoms with van der Waals surface area (Å²) < 4.78 is 23.6.